The van der Waals surface area contributed by atoms with Gasteiger partial charge in [-0.2, -0.15) is 0 Å². The van der Waals surface area contributed by atoms with Crippen molar-refractivity contribution in [2.75, 3.05) is 0 Å². The lowest BCUT2D eigenvalue weighted by molar-refractivity contribution is 0.576. The first-order valence-electron chi connectivity index (χ1n) is 6.95. The first-order valence-corrected chi connectivity index (χ1v) is 6.95. The quantitative estimate of drug-likeness (QED) is 0.766. The lowest BCUT2D eigenvalue weighted by Crippen LogP contribution is -2.18. The summed E-state index contributed by atoms with van der Waals surface area (Å²) in [4.78, 5) is 4.49. The Morgan fingerprint density at radius 3 is 2.60 bits per heavy atom. The van der Waals surface area contributed by atoms with Crippen LogP contribution in [-0.4, -0.2) is 4.98 Å². The predicted octanol–water partition coefficient (Wildman–Crippen LogP) is 4.09. The van der Waals surface area contributed by atoms with Crippen LogP contribution in [0.4, 0.5) is 0 Å². The Balaban J connectivity index is 1.77. The molecule has 1 atom stereocenters. The van der Waals surface area contributed by atoms with Gasteiger partial charge in [-0.15, -0.1) is 0 Å². The van der Waals surface area contributed by atoms with Crippen LogP contribution in [0.25, 0.3) is 10.9 Å². The van der Waals surface area contributed by atoms with E-state index < -0.39 is 0 Å². The minimum atomic E-state index is 0.329. The van der Waals surface area contributed by atoms with Gasteiger partial charge in [0.05, 0.1) is 5.52 Å². The number of nitrogens with one attached hydrogen (secondary N) is 1. The third kappa shape index (κ3) is 2.70. The maximum Gasteiger partial charge on any atom is 0.0746 e. The Kier molecular flexibility index (Phi) is 3.75. The summed E-state index contributed by atoms with van der Waals surface area (Å²) < 4.78 is 0. The van der Waals surface area contributed by atoms with E-state index in [1.165, 1.54) is 16.5 Å². The first kappa shape index (κ1) is 12.8. The van der Waals surface area contributed by atoms with Crippen LogP contribution < -0.4 is 5.32 Å². The minimum Gasteiger partial charge on any atom is -0.306 e. The molecular formula is C18H18N2. The van der Waals surface area contributed by atoms with Crippen LogP contribution >= 0.6 is 0 Å². The van der Waals surface area contributed by atoms with E-state index >= 15 is 0 Å². The molecule has 0 fully saturated rings. The monoisotopic (exact) mass is 262 g/mol. The third-order valence-corrected chi connectivity index (χ3v) is 3.61. The Labute approximate surface area is 119 Å². The molecular weight excluding hydrogens is 244 g/mol. The Morgan fingerprint density at radius 2 is 1.75 bits per heavy atom. The van der Waals surface area contributed by atoms with Gasteiger partial charge >= 0.3 is 0 Å². The van der Waals surface area contributed by atoms with Gasteiger partial charge in [0.25, 0.3) is 0 Å². The zero-order valence-corrected chi connectivity index (χ0v) is 11.6. The zero-order chi connectivity index (χ0) is 13.8. The van der Waals surface area contributed by atoms with E-state index in [4.69, 9.17) is 0 Å². The van der Waals surface area contributed by atoms with Crippen LogP contribution in [0.5, 0.6) is 0 Å². The molecule has 3 aromatic rings. The number of aromatic nitrogens is 1. The summed E-state index contributed by atoms with van der Waals surface area (Å²) in [5, 5.41) is 4.76. The summed E-state index contributed by atoms with van der Waals surface area (Å²) in [6.45, 7) is 3.01. The summed E-state index contributed by atoms with van der Waals surface area (Å²) >= 11 is 0. The Morgan fingerprint density at radius 1 is 0.950 bits per heavy atom. The molecule has 0 saturated carbocycles. The van der Waals surface area contributed by atoms with Crippen LogP contribution in [0, 0.1) is 0 Å². The summed E-state index contributed by atoms with van der Waals surface area (Å²) in [5.74, 6) is 0. The largest absolute Gasteiger partial charge is 0.306 e. The second-order valence-corrected chi connectivity index (χ2v) is 5.01. The van der Waals surface area contributed by atoms with Crippen molar-refractivity contribution in [1.82, 2.24) is 10.3 Å². The fraction of sp³-hybridized carbons (Fsp3) is 0.167. The maximum absolute atomic E-state index is 4.49. The van der Waals surface area contributed by atoms with Gasteiger partial charge in [0, 0.05) is 24.2 Å². The van der Waals surface area contributed by atoms with Crippen molar-refractivity contribution in [2.24, 2.45) is 0 Å². The van der Waals surface area contributed by atoms with Crippen molar-refractivity contribution in [3.05, 3.63) is 78.0 Å². The van der Waals surface area contributed by atoms with Crippen molar-refractivity contribution >= 4 is 10.9 Å². The average Bonchev–Trinajstić information content (AvgIpc) is 2.53. The fourth-order valence-electron chi connectivity index (χ4n) is 2.43. The van der Waals surface area contributed by atoms with E-state index in [1.54, 1.807) is 0 Å². The lowest BCUT2D eigenvalue weighted by Gasteiger charge is -2.15. The first-order chi connectivity index (χ1) is 9.84. The van der Waals surface area contributed by atoms with Gasteiger partial charge in [-0.05, 0) is 24.1 Å². The lowest BCUT2D eigenvalue weighted by atomic mass is 10.1. The molecule has 0 aliphatic carbocycles. The molecule has 0 radical (unpaired) electrons. The Bertz CT molecular complexity index is 687. The third-order valence-electron chi connectivity index (χ3n) is 3.61. The molecule has 100 valence electrons. The molecule has 3 rings (SSSR count). The molecule has 1 aromatic heterocycles. The van der Waals surface area contributed by atoms with Crippen LogP contribution in [0.2, 0.25) is 0 Å². The Hall–Kier alpha value is -2.19. The van der Waals surface area contributed by atoms with Crippen molar-refractivity contribution in [3.8, 4) is 0 Å². The second kappa shape index (κ2) is 5.85. The van der Waals surface area contributed by atoms with Gasteiger partial charge in [0.2, 0.25) is 0 Å². The topological polar surface area (TPSA) is 24.9 Å². The van der Waals surface area contributed by atoms with E-state index in [-0.39, 0.29) is 0 Å². The minimum absolute atomic E-state index is 0.329. The molecule has 0 bridgehead atoms. The van der Waals surface area contributed by atoms with Crippen molar-refractivity contribution in [3.63, 3.8) is 0 Å². The normalized spacial score (nSPS) is 12.4. The van der Waals surface area contributed by atoms with Crippen molar-refractivity contribution in [2.45, 2.75) is 19.5 Å². The number of hydrogen-bond acceptors (Lipinski definition) is 2. The van der Waals surface area contributed by atoms with Crippen LogP contribution in [0.1, 0.15) is 24.1 Å². The van der Waals surface area contributed by atoms with Gasteiger partial charge in [-0.3, -0.25) is 4.98 Å². The standard InChI is InChI=1S/C18H18N2/c1-14(15-7-3-2-4-8-15)20-13-17-10-5-9-16-11-6-12-19-18(16)17/h2-12,14,20H,13H2,1H3. The van der Waals surface area contributed by atoms with Crippen LogP contribution in [0.15, 0.2) is 66.9 Å². The molecule has 2 heteroatoms. The van der Waals surface area contributed by atoms with E-state index in [2.05, 4.69) is 65.8 Å². The molecule has 2 aromatic carbocycles. The molecule has 0 aliphatic rings. The number of benzene rings is 2. The second-order valence-electron chi connectivity index (χ2n) is 5.01. The van der Waals surface area contributed by atoms with Crippen LogP contribution in [0.3, 0.4) is 0 Å². The molecule has 0 aliphatic heterocycles. The van der Waals surface area contributed by atoms with E-state index in [9.17, 15) is 0 Å². The number of fused-ring (bicyclic) bond motifs is 1. The van der Waals surface area contributed by atoms with Gasteiger partial charge in [-0.1, -0.05) is 54.6 Å². The zero-order valence-electron chi connectivity index (χ0n) is 11.6. The maximum atomic E-state index is 4.49. The number of hydrogen-bond donors (Lipinski definition) is 1. The number of para-hydroxylation sites is 1. The highest BCUT2D eigenvalue weighted by molar-refractivity contribution is 5.81. The highest BCUT2D eigenvalue weighted by Gasteiger charge is 2.06. The molecule has 0 saturated heterocycles. The molecule has 1 N–H and O–H groups in total. The summed E-state index contributed by atoms with van der Waals surface area (Å²) in [7, 11) is 0. The fourth-order valence-corrected chi connectivity index (χ4v) is 2.43. The van der Waals surface area contributed by atoms with Crippen LogP contribution in [-0.2, 0) is 6.54 Å². The van der Waals surface area contributed by atoms with Gasteiger partial charge in [-0.25, -0.2) is 0 Å². The predicted molar refractivity (Wildman–Crippen MR) is 83.4 cm³/mol. The van der Waals surface area contributed by atoms with E-state index in [1.807, 2.05) is 18.3 Å². The number of nitrogens with zero attached hydrogens (tertiary/aromatic N) is 1. The number of pyridine rings is 1. The summed E-state index contributed by atoms with van der Waals surface area (Å²) in [6, 6.07) is 21.2. The summed E-state index contributed by atoms with van der Waals surface area (Å²) in [5.41, 5.74) is 3.63. The molecule has 20 heavy (non-hydrogen) atoms. The molecule has 1 heterocycles. The molecule has 0 amide bonds. The van der Waals surface area contributed by atoms with Crippen molar-refractivity contribution < 1.29 is 0 Å². The molecule has 1 unspecified atom stereocenters. The SMILES string of the molecule is CC(NCc1cccc2cccnc12)c1ccccc1. The highest BCUT2D eigenvalue weighted by atomic mass is 14.9. The molecule has 0 spiro atoms. The van der Waals surface area contributed by atoms with Crippen molar-refractivity contribution in [1.29, 1.82) is 0 Å². The smallest absolute Gasteiger partial charge is 0.0746 e. The molecule has 2 nitrogen and oxygen atoms in total. The summed E-state index contributed by atoms with van der Waals surface area (Å²) in [6.07, 6.45) is 1.85. The van der Waals surface area contributed by atoms with Gasteiger partial charge in [0.1, 0.15) is 0 Å². The van der Waals surface area contributed by atoms with E-state index in [0.717, 1.165) is 12.1 Å². The van der Waals surface area contributed by atoms with Gasteiger partial charge < -0.3 is 5.32 Å². The highest BCUT2D eigenvalue weighted by Crippen LogP contribution is 2.17. The number of rotatable bonds is 4. The average molecular weight is 262 g/mol. The van der Waals surface area contributed by atoms with E-state index in [0.29, 0.717) is 6.04 Å². The van der Waals surface area contributed by atoms with Gasteiger partial charge in [0.15, 0.2) is 0 Å².